The minimum Gasteiger partial charge on any atom is -0.443 e. The summed E-state index contributed by atoms with van der Waals surface area (Å²) in [5.41, 5.74) is 9.30. The van der Waals surface area contributed by atoms with Crippen molar-refractivity contribution in [1.82, 2.24) is 9.97 Å². The van der Waals surface area contributed by atoms with Crippen LogP contribution in [0.5, 0.6) is 0 Å². The van der Waals surface area contributed by atoms with Crippen LogP contribution in [0.2, 0.25) is 0 Å². The van der Waals surface area contributed by atoms with Crippen molar-refractivity contribution in [3.8, 4) is 11.1 Å². The number of nitrogens with two attached hydrogens (primary N) is 1. The maximum atomic E-state index is 15.2. The number of hydrogen-bond acceptors (Lipinski definition) is 7. The lowest BCUT2D eigenvalue weighted by atomic mass is 9.94. The summed E-state index contributed by atoms with van der Waals surface area (Å²) >= 11 is 0. The van der Waals surface area contributed by atoms with Crippen LogP contribution in [0.15, 0.2) is 24.5 Å². The third-order valence-corrected chi connectivity index (χ3v) is 6.14. The number of ether oxygens (including phenoxy) is 2. The molecular formula is C23H23FN4O4. The Kier molecular flexibility index (Phi) is 5.15. The first-order valence-corrected chi connectivity index (χ1v) is 10.5. The largest absolute Gasteiger partial charge is 0.443 e. The van der Waals surface area contributed by atoms with E-state index in [1.54, 1.807) is 18.3 Å². The number of rotatable bonds is 3. The van der Waals surface area contributed by atoms with E-state index in [2.05, 4.69) is 15.3 Å². The second-order valence-corrected chi connectivity index (χ2v) is 8.17. The molecule has 1 saturated heterocycles. The van der Waals surface area contributed by atoms with Crippen LogP contribution in [-0.2, 0) is 15.9 Å². The lowest BCUT2D eigenvalue weighted by molar-refractivity contribution is 0.0931. The number of amides is 1. The number of benzene rings is 1. The Morgan fingerprint density at radius 1 is 1.28 bits per heavy atom. The Labute approximate surface area is 183 Å². The Bertz CT molecular complexity index is 1230. The average molecular weight is 438 g/mol. The highest BCUT2D eigenvalue weighted by molar-refractivity contribution is 5.99. The summed E-state index contributed by atoms with van der Waals surface area (Å²) in [6.07, 6.45) is 3.49. The van der Waals surface area contributed by atoms with E-state index in [1.807, 2.05) is 6.92 Å². The molecule has 0 saturated carbocycles. The number of pyridine rings is 2. The van der Waals surface area contributed by atoms with Crippen LogP contribution in [0.25, 0.3) is 21.9 Å². The molecule has 3 heterocycles. The van der Waals surface area contributed by atoms with Gasteiger partial charge in [-0.2, -0.15) is 0 Å². The van der Waals surface area contributed by atoms with Crippen LogP contribution in [0.3, 0.4) is 0 Å². The number of carbonyl (C=O) groups is 1. The Hall–Kier alpha value is -3.30. The number of aryl methyl sites for hydroxylation is 1. The summed E-state index contributed by atoms with van der Waals surface area (Å²) in [4.78, 5) is 20.8. The topological polar surface area (TPSA) is 120 Å². The maximum Gasteiger partial charge on any atom is 0.413 e. The zero-order chi connectivity index (χ0) is 22.4. The number of aromatic nitrogens is 2. The third-order valence-electron chi connectivity index (χ3n) is 6.14. The SMILES string of the molecule is Cc1c(-c2cc3cc(NC(=O)O[C@H]4CCOC4)ncc3c(N)c2F)cnc2c1C(O)CC2. The zero-order valence-corrected chi connectivity index (χ0v) is 17.5. The van der Waals surface area contributed by atoms with Crippen LogP contribution in [0.1, 0.15) is 35.8 Å². The number of nitrogen functional groups attached to an aromatic ring is 1. The molecule has 2 atom stereocenters. The van der Waals surface area contributed by atoms with E-state index in [0.717, 1.165) is 16.8 Å². The molecule has 8 nitrogen and oxygen atoms in total. The normalized spacial score (nSPS) is 19.8. The molecule has 3 aromatic rings. The first-order valence-electron chi connectivity index (χ1n) is 10.5. The van der Waals surface area contributed by atoms with Crippen molar-refractivity contribution in [1.29, 1.82) is 0 Å². The molecule has 1 unspecified atom stereocenters. The molecule has 1 aliphatic heterocycles. The molecular weight excluding hydrogens is 415 g/mol. The van der Waals surface area contributed by atoms with Gasteiger partial charge >= 0.3 is 6.09 Å². The minimum absolute atomic E-state index is 0.0392. The van der Waals surface area contributed by atoms with Crippen molar-refractivity contribution in [2.45, 2.75) is 38.4 Å². The second-order valence-electron chi connectivity index (χ2n) is 8.17. The van der Waals surface area contributed by atoms with Gasteiger partial charge in [0.15, 0.2) is 5.82 Å². The van der Waals surface area contributed by atoms with Crippen molar-refractivity contribution < 1.29 is 23.8 Å². The zero-order valence-electron chi connectivity index (χ0n) is 17.5. The molecule has 1 aromatic carbocycles. The highest BCUT2D eigenvalue weighted by Crippen LogP contribution is 2.40. The molecule has 2 aromatic heterocycles. The van der Waals surface area contributed by atoms with Gasteiger partial charge in [-0.1, -0.05) is 0 Å². The van der Waals surface area contributed by atoms with Gasteiger partial charge in [-0.3, -0.25) is 10.3 Å². The van der Waals surface area contributed by atoms with Gasteiger partial charge in [-0.15, -0.1) is 0 Å². The molecule has 0 spiro atoms. The number of nitrogens with one attached hydrogen (secondary N) is 1. The van der Waals surface area contributed by atoms with Gasteiger partial charge in [-0.25, -0.2) is 14.2 Å². The first-order chi connectivity index (χ1) is 15.4. The second kappa shape index (κ2) is 7.99. The highest BCUT2D eigenvalue weighted by Gasteiger charge is 2.26. The fourth-order valence-electron chi connectivity index (χ4n) is 4.45. The standard InChI is InChI=1S/C23H23FN4O4/c1-11-15(8-26-17-2-3-18(29)20(11)17)14-6-12-7-19(27-9-16(12)22(25)21(14)24)28-23(30)32-13-4-5-31-10-13/h6-9,13,18,29H,2-5,10,25H2,1H3,(H,27,28,30)/t13-,18?/m0/s1. The van der Waals surface area contributed by atoms with E-state index in [1.165, 1.54) is 6.20 Å². The molecule has 1 aliphatic carbocycles. The average Bonchev–Trinajstić information content (AvgIpc) is 3.41. The van der Waals surface area contributed by atoms with Gasteiger partial charge in [0, 0.05) is 46.6 Å². The number of fused-ring (bicyclic) bond motifs is 2. The Morgan fingerprint density at radius 2 is 2.12 bits per heavy atom. The predicted molar refractivity (Wildman–Crippen MR) is 117 cm³/mol. The van der Waals surface area contributed by atoms with Crippen molar-refractivity contribution in [2.24, 2.45) is 0 Å². The molecule has 166 valence electrons. The van der Waals surface area contributed by atoms with Crippen LogP contribution < -0.4 is 11.1 Å². The molecule has 1 amide bonds. The summed E-state index contributed by atoms with van der Waals surface area (Å²) in [6.45, 7) is 2.79. The fourth-order valence-corrected chi connectivity index (χ4v) is 4.45. The van der Waals surface area contributed by atoms with Gasteiger partial charge in [0.05, 0.1) is 25.0 Å². The predicted octanol–water partition coefficient (Wildman–Crippen LogP) is 3.64. The highest BCUT2D eigenvalue weighted by atomic mass is 19.1. The lowest BCUT2D eigenvalue weighted by Gasteiger charge is -2.16. The monoisotopic (exact) mass is 438 g/mol. The number of aliphatic hydroxyl groups is 1. The Balaban J connectivity index is 1.51. The number of hydrogen-bond donors (Lipinski definition) is 3. The third kappa shape index (κ3) is 3.53. The summed E-state index contributed by atoms with van der Waals surface area (Å²) in [7, 11) is 0. The van der Waals surface area contributed by atoms with Gasteiger partial charge in [-0.05, 0) is 42.8 Å². The molecule has 0 bridgehead atoms. The van der Waals surface area contributed by atoms with Crippen LogP contribution in [0.4, 0.5) is 20.7 Å². The number of carbonyl (C=O) groups excluding carboxylic acids is 1. The summed E-state index contributed by atoms with van der Waals surface area (Å²) in [6, 6.07) is 3.27. The van der Waals surface area contributed by atoms with E-state index < -0.39 is 18.0 Å². The quantitative estimate of drug-likeness (QED) is 0.534. The molecule has 2 aliphatic rings. The van der Waals surface area contributed by atoms with Crippen LogP contribution in [-0.4, -0.2) is 40.5 Å². The van der Waals surface area contributed by atoms with Gasteiger partial charge in [0.2, 0.25) is 0 Å². The molecule has 1 fully saturated rings. The van der Waals surface area contributed by atoms with E-state index in [-0.39, 0.29) is 23.2 Å². The molecule has 32 heavy (non-hydrogen) atoms. The van der Waals surface area contributed by atoms with Crippen molar-refractivity contribution >= 4 is 28.4 Å². The maximum absolute atomic E-state index is 15.2. The Morgan fingerprint density at radius 3 is 2.91 bits per heavy atom. The van der Waals surface area contributed by atoms with E-state index >= 15 is 4.39 Å². The summed E-state index contributed by atoms with van der Waals surface area (Å²) in [5.74, 6) is -0.310. The molecule has 9 heteroatoms. The van der Waals surface area contributed by atoms with E-state index in [0.29, 0.717) is 48.8 Å². The smallest absolute Gasteiger partial charge is 0.413 e. The van der Waals surface area contributed by atoms with Crippen LogP contribution in [0, 0.1) is 12.7 Å². The van der Waals surface area contributed by atoms with Crippen molar-refractivity contribution in [3.63, 3.8) is 0 Å². The van der Waals surface area contributed by atoms with Crippen molar-refractivity contribution in [2.75, 3.05) is 24.3 Å². The lowest BCUT2D eigenvalue weighted by Crippen LogP contribution is -2.22. The van der Waals surface area contributed by atoms with Gasteiger partial charge < -0.3 is 20.3 Å². The molecule has 5 rings (SSSR count). The van der Waals surface area contributed by atoms with E-state index in [9.17, 15) is 9.90 Å². The first kappa shape index (κ1) is 20.6. The van der Waals surface area contributed by atoms with Crippen molar-refractivity contribution in [3.05, 3.63) is 47.2 Å². The number of aliphatic hydroxyl groups excluding tert-OH is 1. The molecule has 4 N–H and O–H groups in total. The van der Waals surface area contributed by atoms with Gasteiger partial charge in [0.1, 0.15) is 11.9 Å². The summed E-state index contributed by atoms with van der Waals surface area (Å²) < 4.78 is 25.7. The van der Waals surface area contributed by atoms with Gasteiger partial charge in [0.25, 0.3) is 0 Å². The number of nitrogens with zero attached hydrogens (tertiary/aromatic N) is 2. The summed E-state index contributed by atoms with van der Waals surface area (Å²) in [5, 5.41) is 14.0. The fraction of sp³-hybridized carbons (Fsp3) is 0.348. The van der Waals surface area contributed by atoms with Crippen LogP contribution >= 0.6 is 0 Å². The molecule has 0 radical (unpaired) electrons. The number of anilines is 2. The minimum atomic E-state index is -0.629. The van der Waals surface area contributed by atoms with E-state index in [4.69, 9.17) is 15.2 Å². The number of halogens is 1.